The third-order valence-electron chi connectivity index (χ3n) is 1.35. The molecule has 1 atom stereocenters. The van der Waals surface area contributed by atoms with E-state index >= 15 is 0 Å². The Morgan fingerprint density at radius 1 is 1.62 bits per heavy atom. The molecule has 0 aliphatic carbocycles. The number of carboxylic acids is 1. The molecule has 0 rings (SSSR count). The van der Waals surface area contributed by atoms with Gasteiger partial charge in [0.15, 0.2) is 0 Å². The first-order chi connectivity index (χ1) is 5.99. The number of hydrogen-bond donors (Lipinski definition) is 1. The number of hydrogen-bond acceptors (Lipinski definition) is 3. The van der Waals surface area contributed by atoms with Crippen molar-refractivity contribution in [3.8, 4) is 0 Å². The molecule has 0 aliphatic rings. The van der Waals surface area contributed by atoms with Crippen LogP contribution >= 0.6 is 0 Å². The van der Waals surface area contributed by atoms with Gasteiger partial charge in [-0.05, 0) is 0 Å². The third-order valence-corrected chi connectivity index (χ3v) is 1.35. The Morgan fingerprint density at radius 3 is 2.46 bits per heavy atom. The highest BCUT2D eigenvalue weighted by molar-refractivity contribution is 5.87. The molecule has 0 heterocycles. The zero-order valence-electron chi connectivity index (χ0n) is 7.45. The van der Waals surface area contributed by atoms with Crippen LogP contribution in [0.25, 0.3) is 0 Å². The molecule has 1 unspecified atom stereocenters. The maximum absolute atomic E-state index is 10.6. The highest BCUT2D eigenvalue weighted by Gasteiger charge is 2.19. The molecule has 0 aromatic rings. The molecule has 0 saturated carbocycles. The molecule has 0 saturated heterocycles. The lowest BCUT2D eigenvalue weighted by Gasteiger charge is -2.14. The van der Waals surface area contributed by atoms with Gasteiger partial charge in [-0.25, -0.2) is 4.79 Å². The van der Waals surface area contributed by atoms with E-state index in [0.717, 1.165) is 0 Å². The highest BCUT2D eigenvalue weighted by atomic mass is 16.5. The van der Waals surface area contributed by atoms with E-state index in [0.29, 0.717) is 0 Å². The summed E-state index contributed by atoms with van der Waals surface area (Å²) in [6, 6.07) is 0. The fraction of sp³-hybridized carbons (Fsp3) is 0.333. The Labute approximate surface area is 76.5 Å². The first-order valence-corrected chi connectivity index (χ1v) is 3.69. The Morgan fingerprint density at radius 2 is 2.15 bits per heavy atom. The predicted molar refractivity (Wildman–Crippen MR) is 47.1 cm³/mol. The lowest BCUT2D eigenvalue weighted by molar-refractivity contribution is -0.146. The van der Waals surface area contributed by atoms with Gasteiger partial charge in [-0.3, -0.25) is 4.79 Å². The van der Waals surface area contributed by atoms with E-state index in [1.807, 2.05) is 0 Å². The molecule has 0 bridgehead atoms. The molecule has 0 amide bonds. The summed E-state index contributed by atoms with van der Waals surface area (Å²) < 4.78 is 4.72. The molecular weight excluding hydrogens is 172 g/mol. The van der Waals surface area contributed by atoms with E-state index in [9.17, 15) is 9.59 Å². The van der Waals surface area contributed by atoms with Crippen LogP contribution in [0.1, 0.15) is 13.3 Å². The maximum atomic E-state index is 10.6. The van der Waals surface area contributed by atoms with Gasteiger partial charge in [0.2, 0.25) is 0 Å². The van der Waals surface area contributed by atoms with Crippen molar-refractivity contribution in [3.05, 3.63) is 24.8 Å². The van der Waals surface area contributed by atoms with E-state index in [1.54, 1.807) is 0 Å². The molecular formula is C9H12O4. The fourth-order valence-corrected chi connectivity index (χ4v) is 0.751. The Balaban J connectivity index is 4.40. The second kappa shape index (κ2) is 5.13. The largest absolute Gasteiger partial charge is 0.478 e. The molecule has 0 aromatic heterocycles. The summed E-state index contributed by atoms with van der Waals surface area (Å²) in [7, 11) is 0. The van der Waals surface area contributed by atoms with Crippen molar-refractivity contribution in [2.45, 2.75) is 19.4 Å². The van der Waals surface area contributed by atoms with Crippen LogP contribution in [-0.2, 0) is 14.3 Å². The summed E-state index contributed by atoms with van der Waals surface area (Å²) in [5.74, 6) is -1.71. The zero-order valence-corrected chi connectivity index (χ0v) is 7.45. The molecule has 0 aromatic carbocycles. The van der Waals surface area contributed by atoms with Gasteiger partial charge in [0.1, 0.15) is 6.10 Å². The average molecular weight is 184 g/mol. The number of aliphatic carboxylic acids is 1. The van der Waals surface area contributed by atoms with E-state index < -0.39 is 18.0 Å². The van der Waals surface area contributed by atoms with Crippen LogP contribution in [0.4, 0.5) is 0 Å². The van der Waals surface area contributed by atoms with Crippen molar-refractivity contribution in [3.63, 3.8) is 0 Å². The summed E-state index contributed by atoms with van der Waals surface area (Å²) in [5.41, 5.74) is -0.143. The van der Waals surface area contributed by atoms with Crippen molar-refractivity contribution < 1.29 is 19.4 Å². The number of rotatable bonds is 5. The van der Waals surface area contributed by atoms with Crippen LogP contribution in [0.3, 0.4) is 0 Å². The Hall–Kier alpha value is -1.58. The number of carbonyl (C=O) groups excluding carboxylic acids is 1. The minimum Gasteiger partial charge on any atom is -0.478 e. The first kappa shape index (κ1) is 11.4. The molecule has 0 spiro atoms. The lowest BCUT2D eigenvalue weighted by atomic mass is 10.1. The molecule has 1 N–H and O–H groups in total. The van der Waals surface area contributed by atoms with E-state index in [2.05, 4.69) is 13.2 Å². The molecule has 4 nitrogen and oxygen atoms in total. The number of esters is 1. The molecule has 4 heteroatoms. The van der Waals surface area contributed by atoms with Crippen molar-refractivity contribution in [1.82, 2.24) is 0 Å². The van der Waals surface area contributed by atoms with Crippen molar-refractivity contribution in [2.24, 2.45) is 0 Å². The number of carboxylic acid groups (broad SMARTS) is 1. The average Bonchev–Trinajstić information content (AvgIpc) is 2.01. The molecule has 0 radical (unpaired) electrons. The van der Waals surface area contributed by atoms with Gasteiger partial charge in [0.05, 0.1) is 5.57 Å². The normalized spacial score (nSPS) is 11.5. The van der Waals surface area contributed by atoms with E-state index in [1.165, 1.54) is 13.0 Å². The molecule has 13 heavy (non-hydrogen) atoms. The summed E-state index contributed by atoms with van der Waals surface area (Å²) >= 11 is 0. The molecule has 72 valence electrons. The second-order valence-corrected chi connectivity index (χ2v) is 2.45. The van der Waals surface area contributed by atoms with Crippen LogP contribution < -0.4 is 0 Å². The van der Waals surface area contributed by atoms with Gasteiger partial charge in [0.25, 0.3) is 0 Å². The van der Waals surface area contributed by atoms with Gasteiger partial charge in [-0.15, -0.1) is 6.58 Å². The summed E-state index contributed by atoms with van der Waals surface area (Å²) in [6.45, 7) is 7.94. The molecule has 0 aliphatic heterocycles. The zero-order chi connectivity index (χ0) is 10.4. The summed E-state index contributed by atoms with van der Waals surface area (Å²) in [4.78, 5) is 21.0. The summed E-state index contributed by atoms with van der Waals surface area (Å²) in [5, 5.41) is 8.57. The van der Waals surface area contributed by atoms with Crippen LogP contribution in [0.5, 0.6) is 0 Å². The second-order valence-electron chi connectivity index (χ2n) is 2.45. The smallest absolute Gasteiger partial charge is 0.334 e. The minimum absolute atomic E-state index is 0.143. The highest BCUT2D eigenvalue weighted by Crippen LogP contribution is 2.10. The fourth-order valence-electron chi connectivity index (χ4n) is 0.751. The van der Waals surface area contributed by atoms with Crippen LogP contribution in [-0.4, -0.2) is 23.1 Å². The first-order valence-electron chi connectivity index (χ1n) is 3.69. The SMILES string of the molecule is C=CCC(OC(C)=O)C(=C)C(=O)O. The predicted octanol–water partition coefficient (Wildman–Crippen LogP) is 1.14. The Kier molecular flexibility index (Phi) is 4.51. The Bertz CT molecular complexity index is 242. The maximum Gasteiger partial charge on any atom is 0.334 e. The third kappa shape index (κ3) is 4.10. The van der Waals surface area contributed by atoms with Gasteiger partial charge in [-0.1, -0.05) is 12.7 Å². The minimum atomic E-state index is -1.17. The molecule has 0 fully saturated rings. The van der Waals surface area contributed by atoms with Gasteiger partial charge in [0, 0.05) is 13.3 Å². The van der Waals surface area contributed by atoms with Crippen LogP contribution in [0.2, 0.25) is 0 Å². The van der Waals surface area contributed by atoms with Crippen molar-refractivity contribution in [1.29, 1.82) is 0 Å². The van der Waals surface area contributed by atoms with Gasteiger partial charge in [-0.2, -0.15) is 0 Å². The number of ether oxygens (including phenoxy) is 1. The van der Waals surface area contributed by atoms with Gasteiger partial charge < -0.3 is 9.84 Å². The van der Waals surface area contributed by atoms with Gasteiger partial charge >= 0.3 is 11.9 Å². The van der Waals surface area contributed by atoms with E-state index in [4.69, 9.17) is 9.84 Å². The van der Waals surface area contributed by atoms with Crippen molar-refractivity contribution in [2.75, 3.05) is 0 Å². The topological polar surface area (TPSA) is 63.6 Å². The van der Waals surface area contributed by atoms with Crippen LogP contribution in [0, 0.1) is 0 Å². The lowest BCUT2D eigenvalue weighted by Crippen LogP contribution is -2.22. The summed E-state index contributed by atoms with van der Waals surface area (Å²) in [6.07, 6.45) is 0.916. The van der Waals surface area contributed by atoms with Crippen molar-refractivity contribution >= 4 is 11.9 Å². The van der Waals surface area contributed by atoms with E-state index in [-0.39, 0.29) is 12.0 Å². The number of carbonyl (C=O) groups is 2. The standard InChI is InChI=1S/C9H12O4/c1-4-5-8(13-7(3)10)6(2)9(11)12/h4,8H,1-2,5H2,3H3,(H,11,12). The monoisotopic (exact) mass is 184 g/mol. The van der Waals surface area contributed by atoms with Crippen LogP contribution in [0.15, 0.2) is 24.8 Å². The quantitative estimate of drug-likeness (QED) is 0.395.